The summed E-state index contributed by atoms with van der Waals surface area (Å²) in [4.78, 5) is 10.9. The lowest BCUT2D eigenvalue weighted by Crippen LogP contribution is -2.25. The molecule has 0 saturated heterocycles. The van der Waals surface area contributed by atoms with Crippen LogP contribution < -0.4 is 9.46 Å². The number of aromatic carboxylic acids is 1. The van der Waals surface area contributed by atoms with Crippen LogP contribution in [0.4, 0.5) is 5.69 Å². The van der Waals surface area contributed by atoms with Gasteiger partial charge in [0.15, 0.2) is 0 Å². The molecule has 2 N–H and O–H groups in total. The minimum atomic E-state index is -3.67. The lowest BCUT2D eigenvalue weighted by atomic mass is 10.2. The van der Waals surface area contributed by atoms with Gasteiger partial charge in [-0.25, -0.2) is 13.2 Å². The van der Waals surface area contributed by atoms with Crippen molar-refractivity contribution in [3.05, 3.63) is 23.8 Å². The third-order valence-corrected chi connectivity index (χ3v) is 4.01. The van der Waals surface area contributed by atoms with Crippen molar-refractivity contribution in [1.82, 2.24) is 0 Å². The molecule has 0 aliphatic carbocycles. The van der Waals surface area contributed by atoms with Crippen LogP contribution in [-0.2, 0) is 14.8 Å². The summed E-state index contributed by atoms with van der Waals surface area (Å²) in [5.74, 6) is -1.16. The second kappa shape index (κ2) is 6.58. The molecule has 0 bridgehead atoms. The van der Waals surface area contributed by atoms with E-state index < -0.39 is 22.1 Å². The van der Waals surface area contributed by atoms with Gasteiger partial charge in [-0.1, -0.05) is 0 Å². The molecule has 0 aromatic heterocycles. The summed E-state index contributed by atoms with van der Waals surface area (Å²) in [6.45, 7) is 1.62. The summed E-state index contributed by atoms with van der Waals surface area (Å²) in [6, 6.07) is 3.92. The summed E-state index contributed by atoms with van der Waals surface area (Å²) in [5.41, 5.74) is 0.0407. The maximum Gasteiger partial charge on any atom is 0.335 e. The lowest BCUT2D eigenvalue weighted by molar-refractivity contribution is 0.0697. The molecule has 8 heteroatoms. The number of carbonyl (C=O) groups is 1. The van der Waals surface area contributed by atoms with Gasteiger partial charge in [-0.05, 0) is 25.1 Å². The highest BCUT2D eigenvalue weighted by Crippen LogP contribution is 2.26. The molecular weight excluding hydrogens is 286 g/mol. The molecule has 0 spiro atoms. The first-order chi connectivity index (χ1) is 9.29. The van der Waals surface area contributed by atoms with E-state index in [1.165, 1.54) is 32.4 Å². The summed E-state index contributed by atoms with van der Waals surface area (Å²) in [6.07, 6.45) is -0.485. The van der Waals surface area contributed by atoms with Crippen molar-refractivity contribution >= 4 is 21.7 Å². The maximum absolute atomic E-state index is 11.9. The van der Waals surface area contributed by atoms with Crippen LogP contribution in [-0.4, -0.2) is 45.6 Å². The fraction of sp³-hybridized carbons (Fsp3) is 0.417. The average Bonchev–Trinajstić information content (AvgIpc) is 2.37. The molecule has 0 radical (unpaired) electrons. The Hall–Kier alpha value is -1.80. The van der Waals surface area contributed by atoms with E-state index in [9.17, 15) is 13.2 Å². The summed E-state index contributed by atoms with van der Waals surface area (Å²) < 4.78 is 36.1. The van der Waals surface area contributed by atoms with Gasteiger partial charge in [0.05, 0.1) is 30.2 Å². The molecule has 0 saturated carbocycles. The first-order valence-electron chi connectivity index (χ1n) is 5.73. The molecular formula is C12H17NO6S. The molecule has 1 atom stereocenters. The van der Waals surface area contributed by atoms with Crippen molar-refractivity contribution in [1.29, 1.82) is 0 Å². The number of rotatable bonds is 7. The molecule has 0 fully saturated rings. The van der Waals surface area contributed by atoms with Crippen molar-refractivity contribution in [2.75, 3.05) is 24.7 Å². The van der Waals surface area contributed by atoms with Crippen LogP contribution in [0.5, 0.6) is 5.75 Å². The van der Waals surface area contributed by atoms with E-state index in [4.69, 9.17) is 14.6 Å². The minimum absolute atomic E-state index is 0.0386. The van der Waals surface area contributed by atoms with E-state index in [0.717, 1.165) is 0 Å². The first-order valence-corrected chi connectivity index (χ1v) is 7.39. The zero-order valence-electron chi connectivity index (χ0n) is 11.4. The van der Waals surface area contributed by atoms with Crippen LogP contribution in [0.2, 0.25) is 0 Å². The van der Waals surface area contributed by atoms with Crippen LogP contribution in [0, 0.1) is 0 Å². The number of benzene rings is 1. The average molecular weight is 303 g/mol. The minimum Gasteiger partial charge on any atom is -0.495 e. The fourth-order valence-corrected chi connectivity index (χ4v) is 2.84. The molecule has 0 aliphatic heterocycles. The topological polar surface area (TPSA) is 102 Å². The van der Waals surface area contributed by atoms with Crippen LogP contribution in [0.3, 0.4) is 0 Å². The third kappa shape index (κ3) is 4.39. The second-order valence-electron chi connectivity index (χ2n) is 4.15. The lowest BCUT2D eigenvalue weighted by Gasteiger charge is -2.14. The molecule has 1 unspecified atom stereocenters. The van der Waals surface area contributed by atoms with Gasteiger partial charge >= 0.3 is 5.97 Å². The van der Waals surface area contributed by atoms with Crippen LogP contribution in [0.1, 0.15) is 17.3 Å². The molecule has 112 valence electrons. The number of ether oxygens (including phenoxy) is 2. The highest BCUT2D eigenvalue weighted by Gasteiger charge is 2.18. The van der Waals surface area contributed by atoms with E-state index in [-0.39, 0.29) is 22.8 Å². The number of hydrogen-bond donors (Lipinski definition) is 2. The quantitative estimate of drug-likeness (QED) is 0.784. The molecule has 0 aliphatic rings. The van der Waals surface area contributed by atoms with Gasteiger partial charge in [0.1, 0.15) is 5.75 Å². The predicted octanol–water partition coefficient (Wildman–Crippen LogP) is 1.17. The van der Waals surface area contributed by atoms with Crippen molar-refractivity contribution in [3.63, 3.8) is 0 Å². The molecule has 20 heavy (non-hydrogen) atoms. The molecule has 0 heterocycles. The Morgan fingerprint density at radius 1 is 1.40 bits per heavy atom. The van der Waals surface area contributed by atoms with Crippen LogP contribution in [0.15, 0.2) is 18.2 Å². The Bertz CT molecular complexity index is 584. The SMILES string of the molecule is COc1ccc(C(=O)O)cc1NS(=O)(=O)CC(C)OC. The Morgan fingerprint density at radius 2 is 2.05 bits per heavy atom. The van der Waals surface area contributed by atoms with Crippen molar-refractivity contribution in [2.24, 2.45) is 0 Å². The second-order valence-corrected chi connectivity index (χ2v) is 5.92. The van der Waals surface area contributed by atoms with Gasteiger partial charge in [0, 0.05) is 7.11 Å². The van der Waals surface area contributed by atoms with Gasteiger partial charge < -0.3 is 14.6 Å². The van der Waals surface area contributed by atoms with Gasteiger partial charge in [-0.2, -0.15) is 0 Å². The van der Waals surface area contributed by atoms with Crippen LogP contribution >= 0.6 is 0 Å². The van der Waals surface area contributed by atoms with E-state index in [1.807, 2.05) is 0 Å². The predicted molar refractivity (Wildman–Crippen MR) is 73.8 cm³/mol. The zero-order valence-corrected chi connectivity index (χ0v) is 12.2. The van der Waals surface area contributed by atoms with Gasteiger partial charge in [-0.15, -0.1) is 0 Å². The van der Waals surface area contributed by atoms with E-state index in [1.54, 1.807) is 6.92 Å². The number of hydrogen-bond acceptors (Lipinski definition) is 5. The summed E-state index contributed by atoms with van der Waals surface area (Å²) >= 11 is 0. The number of methoxy groups -OCH3 is 2. The monoisotopic (exact) mass is 303 g/mol. The number of carboxylic acids is 1. The maximum atomic E-state index is 11.9. The summed E-state index contributed by atoms with van der Waals surface area (Å²) in [7, 11) is -0.894. The Balaban J connectivity index is 3.06. The fourth-order valence-electron chi connectivity index (χ4n) is 1.51. The first kappa shape index (κ1) is 16.3. The van der Waals surface area contributed by atoms with Crippen molar-refractivity contribution < 1.29 is 27.8 Å². The molecule has 7 nitrogen and oxygen atoms in total. The number of sulfonamides is 1. The van der Waals surface area contributed by atoms with Crippen LogP contribution in [0.25, 0.3) is 0 Å². The highest BCUT2D eigenvalue weighted by atomic mass is 32.2. The standard InChI is InChI=1S/C12H17NO6S/c1-8(18-2)7-20(16,17)13-10-6-9(12(14)15)4-5-11(10)19-3/h4-6,8,13H,7H2,1-3H3,(H,14,15). The molecule has 1 aromatic rings. The van der Waals surface area contributed by atoms with Gasteiger partial charge in [0.25, 0.3) is 0 Å². The number of nitrogens with one attached hydrogen (secondary N) is 1. The Labute approximate surface area is 117 Å². The van der Waals surface area contributed by atoms with Gasteiger partial charge in [-0.3, -0.25) is 4.72 Å². The molecule has 1 rings (SSSR count). The molecule has 0 amide bonds. The van der Waals surface area contributed by atoms with E-state index in [2.05, 4.69) is 4.72 Å². The van der Waals surface area contributed by atoms with Crippen molar-refractivity contribution in [2.45, 2.75) is 13.0 Å². The zero-order chi connectivity index (χ0) is 15.3. The van der Waals surface area contributed by atoms with Gasteiger partial charge in [0.2, 0.25) is 10.0 Å². The molecule has 1 aromatic carbocycles. The van der Waals surface area contributed by atoms with Crippen molar-refractivity contribution in [3.8, 4) is 5.75 Å². The highest BCUT2D eigenvalue weighted by molar-refractivity contribution is 7.92. The third-order valence-electron chi connectivity index (χ3n) is 2.57. The Morgan fingerprint density at radius 3 is 2.55 bits per heavy atom. The van der Waals surface area contributed by atoms with E-state index >= 15 is 0 Å². The normalized spacial score (nSPS) is 12.8. The number of anilines is 1. The largest absolute Gasteiger partial charge is 0.495 e. The van der Waals surface area contributed by atoms with E-state index in [0.29, 0.717) is 0 Å². The smallest absolute Gasteiger partial charge is 0.335 e. The number of carboxylic acid groups (broad SMARTS) is 1. The Kier molecular flexibility index (Phi) is 5.34. The summed E-state index contributed by atoms with van der Waals surface area (Å²) in [5, 5.41) is 8.92.